The molecule has 0 atom stereocenters. The summed E-state index contributed by atoms with van der Waals surface area (Å²) in [6.45, 7) is 0. The first-order valence-corrected chi connectivity index (χ1v) is 8.99. The highest BCUT2D eigenvalue weighted by Gasteiger charge is 2.18. The summed E-state index contributed by atoms with van der Waals surface area (Å²) < 4.78 is 41.6. The van der Waals surface area contributed by atoms with Crippen LogP contribution in [-0.4, -0.2) is 42.7 Å². The highest BCUT2D eigenvalue weighted by atomic mass is 32.2. The number of nitrogens with one attached hydrogen (secondary N) is 2. The average Bonchev–Trinajstić information content (AvgIpc) is 2.66. The summed E-state index contributed by atoms with van der Waals surface area (Å²) in [5.74, 6) is 0.587. The van der Waals surface area contributed by atoms with E-state index in [-0.39, 0.29) is 10.5 Å². The van der Waals surface area contributed by atoms with Gasteiger partial charge in [-0.2, -0.15) is 0 Å². The molecule has 0 unspecified atom stereocenters. The largest absolute Gasteiger partial charge is 0.493 e. The van der Waals surface area contributed by atoms with Gasteiger partial charge in [-0.3, -0.25) is 4.79 Å². The van der Waals surface area contributed by atoms with Crippen molar-refractivity contribution in [3.8, 4) is 17.2 Å². The maximum absolute atomic E-state index is 12.6. The van der Waals surface area contributed by atoms with Crippen molar-refractivity contribution in [2.24, 2.45) is 0 Å². The minimum atomic E-state index is -3.61. The lowest BCUT2D eigenvalue weighted by Gasteiger charge is -2.14. The molecule has 0 radical (unpaired) electrons. The molecular weight excluding hydrogens is 360 g/mol. The zero-order valence-electron chi connectivity index (χ0n) is 14.8. The van der Waals surface area contributed by atoms with Gasteiger partial charge in [-0.05, 0) is 37.4 Å². The normalized spacial score (nSPS) is 10.9. The Kier molecular flexibility index (Phi) is 6.06. The van der Waals surface area contributed by atoms with Gasteiger partial charge in [0.2, 0.25) is 15.8 Å². The third kappa shape index (κ3) is 4.06. The molecule has 2 aromatic rings. The molecule has 0 fully saturated rings. The number of rotatable bonds is 7. The van der Waals surface area contributed by atoms with Crippen LogP contribution in [-0.2, 0) is 10.0 Å². The van der Waals surface area contributed by atoms with E-state index in [2.05, 4.69) is 10.0 Å². The fraction of sp³-hybridized carbons (Fsp3) is 0.235. The van der Waals surface area contributed by atoms with Crippen molar-refractivity contribution in [2.45, 2.75) is 4.90 Å². The topological polar surface area (TPSA) is 103 Å². The Hall–Kier alpha value is -2.78. The second kappa shape index (κ2) is 8.07. The van der Waals surface area contributed by atoms with E-state index in [1.54, 1.807) is 6.07 Å². The minimum absolute atomic E-state index is 0.0442. The van der Waals surface area contributed by atoms with Crippen molar-refractivity contribution in [1.82, 2.24) is 4.72 Å². The van der Waals surface area contributed by atoms with Crippen LogP contribution in [0.5, 0.6) is 17.2 Å². The summed E-state index contributed by atoms with van der Waals surface area (Å²) in [6.07, 6.45) is 0. The van der Waals surface area contributed by atoms with Crippen molar-refractivity contribution < 1.29 is 27.4 Å². The first kappa shape index (κ1) is 19.5. The van der Waals surface area contributed by atoms with Gasteiger partial charge in [0.05, 0.1) is 26.2 Å². The van der Waals surface area contributed by atoms with E-state index < -0.39 is 15.9 Å². The van der Waals surface area contributed by atoms with Gasteiger partial charge < -0.3 is 19.5 Å². The molecule has 2 N–H and O–H groups in total. The second-order valence-corrected chi connectivity index (χ2v) is 6.99. The number of carbonyl (C=O) groups excluding carboxylic acids is 1. The lowest BCUT2D eigenvalue weighted by atomic mass is 10.1. The van der Waals surface area contributed by atoms with Crippen LogP contribution in [0.1, 0.15) is 10.4 Å². The van der Waals surface area contributed by atoms with Gasteiger partial charge in [0, 0.05) is 11.3 Å². The monoisotopic (exact) mass is 380 g/mol. The van der Waals surface area contributed by atoms with Crippen molar-refractivity contribution >= 4 is 21.6 Å². The first-order valence-electron chi connectivity index (χ1n) is 7.51. The SMILES string of the molecule is CNS(=O)(=O)c1cccc(NC(=O)c2cc(OC)c(OC)c(OC)c2)c1. The molecule has 0 aliphatic carbocycles. The summed E-state index contributed by atoms with van der Waals surface area (Å²) in [7, 11) is 2.07. The number of ether oxygens (including phenoxy) is 3. The van der Waals surface area contributed by atoms with Crippen molar-refractivity contribution in [3.05, 3.63) is 42.0 Å². The van der Waals surface area contributed by atoms with Gasteiger partial charge >= 0.3 is 0 Å². The van der Waals surface area contributed by atoms with E-state index in [0.717, 1.165) is 0 Å². The summed E-state index contributed by atoms with van der Waals surface area (Å²) in [5.41, 5.74) is 0.599. The highest BCUT2D eigenvalue weighted by molar-refractivity contribution is 7.89. The molecule has 0 saturated carbocycles. The summed E-state index contributed by atoms with van der Waals surface area (Å²) in [4.78, 5) is 12.6. The Labute approximate surface area is 152 Å². The summed E-state index contributed by atoms with van der Waals surface area (Å²) >= 11 is 0. The Morgan fingerprint density at radius 1 is 0.962 bits per heavy atom. The molecule has 0 heterocycles. The van der Waals surface area contributed by atoms with Gasteiger partial charge in [-0.15, -0.1) is 0 Å². The number of benzene rings is 2. The Bertz CT molecular complexity index is 886. The molecule has 1 amide bonds. The number of amides is 1. The van der Waals surface area contributed by atoms with E-state index in [1.807, 2.05) is 0 Å². The molecule has 2 aromatic carbocycles. The fourth-order valence-corrected chi connectivity index (χ4v) is 3.05. The lowest BCUT2D eigenvalue weighted by Crippen LogP contribution is -2.19. The molecule has 0 bridgehead atoms. The van der Waals surface area contributed by atoms with Crippen LogP contribution in [0.25, 0.3) is 0 Å². The average molecular weight is 380 g/mol. The standard InChI is InChI=1S/C17H20N2O6S/c1-18-26(21,22)13-7-5-6-12(10-13)19-17(20)11-8-14(23-2)16(25-4)15(9-11)24-3/h5-10,18H,1-4H3,(H,19,20). The quantitative estimate of drug-likeness (QED) is 0.760. The van der Waals surface area contributed by atoms with Crippen LogP contribution in [0.2, 0.25) is 0 Å². The van der Waals surface area contributed by atoms with Crippen LogP contribution in [0, 0.1) is 0 Å². The maximum Gasteiger partial charge on any atom is 0.255 e. The molecule has 0 aromatic heterocycles. The smallest absolute Gasteiger partial charge is 0.255 e. The highest BCUT2D eigenvalue weighted by Crippen LogP contribution is 2.38. The molecule has 0 aliphatic rings. The summed E-state index contributed by atoms with van der Waals surface area (Å²) in [6, 6.07) is 8.93. The van der Waals surface area contributed by atoms with Gasteiger partial charge in [-0.25, -0.2) is 13.1 Å². The predicted molar refractivity (Wildman–Crippen MR) is 96.7 cm³/mol. The van der Waals surface area contributed by atoms with E-state index in [0.29, 0.717) is 22.9 Å². The van der Waals surface area contributed by atoms with Crippen LogP contribution >= 0.6 is 0 Å². The Morgan fingerprint density at radius 2 is 1.58 bits per heavy atom. The van der Waals surface area contributed by atoms with Crippen LogP contribution in [0.3, 0.4) is 0 Å². The summed E-state index contributed by atoms with van der Waals surface area (Å²) in [5, 5.41) is 2.65. The van der Waals surface area contributed by atoms with Gasteiger partial charge in [-0.1, -0.05) is 6.07 Å². The molecular formula is C17H20N2O6S. The van der Waals surface area contributed by atoms with Crippen LogP contribution in [0.4, 0.5) is 5.69 Å². The molecule has 0 saturated heterocycles. The zero-order valence-corrected chi connectivity index (χ0v) is 15.6. The fourth-order valence-electron chi connectivity index (χ4n) is 2.27. The minimum Gasteiger partial charge on any atom is -0.493 e. The van der Waals surface area contributed by atoms with Crippen LogP contribution < -0.4 is 24.2 Å². The molecule has 140 valence electrons. The molecule has 26 heavy (non-hydrogen) atoms. The molecule has 0 spiro atoms. The zero-order chi connectivity index (χ0) is 19.3. The molecule has 9 heteroatoms. The Morgan fingerprint density at radius 3 is 2.08 bits per heavy atom. The Balaban J connectivity index is 2.35. The van der Waals surface area contributed by atoms with Gasteiger partial charge in [0.1, 0.15) is 0 Å². The van der Waals surface area contributed by atoms with Crippen molar-refractivity contribution in [3.63, 3.8) is 0 Å². The number of sulfonamides is 1. The number of carbonyl (C=O) groups is 1. The molecule has 0 aliphatic heterocycles. The molecule has 8 nitrogen and oxygen atoms in total. The number of anilines is 1. The number of hydrogen-bond donors (Lipinski definition) is 2. The van der Waals surface area contributed by atoms with Crippen LogP contribution in [0.15, 0.2) is 41.3 Å². The number of hydrogen-bond acceptors (Lipinski definition) is 6. The van der Waals surface area contributed by atoms with E-state index >= 15 is 0 Å². The third-order valence-electron chi connectivity index (χ3n) is 3.60. The van der Waals surface area contributed by atoms with Gasteiger partial charge in [0.15, 0.2) is 11.5 Å². The predicted octanol–water partition coefficient (Wildman–Crippen LogP) is 1.87. The van der Waals surface area contributed by atoms with Crippen molar-refractivity contribution in [2.75, 3.05) is 33.7 Å². The van der Waals surface area contributed by atoms with E-state index in [9.17, 15) is 13.2 Å². The van der Waals surface area contributed by atoms with Crippen molar-refractivity contribution in [1.29, 1.82) is 0 Å². The first-order chi connectivity index (χ1) is 12.4. The van der Waals surface area contributed by atoms with E-state index in [4.69, 9.17) is 14.2 Å². The van der Waals surface area contributed by atoms with E-state index in [1.165, 1.54) is 58.7 Å². The third-order valence-corrected chi connectivity index (χ3v) is 5.01. The molecule has 2 rings (SSSR count). The second-order valence-electron chi connectivity index (χ2n) is 5.10. The van der Waals surface area contributed by atoms with Gasteiger partial charge in [0.25, 0.3) is 5.91 Å². The number of methoxy groups -OCH3 is 3. The lowest BCUT2D eigenvalue weighted by molar-refractivity contribution is 0.102. The maximum atomic E-state index is 12.6.